The summed E-state index contributed by atoms with van der Waals surface area (Å²) in [4.78, 5) is 29.6. The molecule has 4 rings (SSSR count). The van der Waals surface area contributed by atoms with Crippen molar-refractivity contribution in [2.24, 2.45) is 5.41 Å². The van der Waals surface area contributed by atoms with Gasteiger partial charge in [0.05, 0.1) is 24.1 Å². The molecule has 2 amide bonds. The van der Waals surface area contributed by atoms with E-state index in [0.29, 0.717) is 19.5 Å². The Hall–Kier alpha value is -1.92. The van der Waals surface area contributed by atoms with E-state index < -0.39 is 11.5 Å². The molecular formula is C21H29N3O3. The van der Waals surface area contributed by atoms with Crippen LogP contribution < -0.4 is 5.32 Å². The van der Waals surface area contributed by atoms with E-state index in [1.807, 2.05) is 35.2 Å². The molecule has 0 saturated carbocycles. The molecule has 3 heterocycles. The van der Waals surface area contributed by atoms with Gasteiger partial charge in [-0.25, -0.2) is 0 Å². The van der Waals surface area contributed by atoms with E-state index in [1.54, 1.807) is 0 Å². The number of likely N-dealkylation sites (tertiary alicyclic amines) is 2. The van der Waals surface area contributed by atoms with Crippen LogP contribution in [0.3, 0.4) is 0 Å². The van der Waals surface area contributed by atoms with Crippen molar-refractivity contribution in [3.8, 4) is 0 Å². The van der Waals surface area contributed by atoms with Gasteiger partial charge in [0.25, 0.3) is 0 Å². The van der Waals surface area contributed by atoms with E-state index in [0.717, 1.165) is 50.9 Å². The zero-order chi connectivity index (χ0) is 18.9. The summed E-state index contributed by atoms with van der Waals surface area (Å²) in [7, 11) is 0. The lowest BCUT2D eigenvalue weighted by Crippen LogP contribution is -2.60. The summed E-state index contributed by atoms with van der Waals surface area (Å²) >= 11 is 0. The molecule has 3 atom stereocenters. The molecule has 1 aromatic carbocycles. The van der Waals surface area contributed by atoms with Crippen molar-refractivity contribution in [2.45, 2.75) is 44.2 Å². The maximum Gasteiger partial charge on any atom is 0.236 e. The van der Waals surface area contributed by atoms with Crippen molar-refractivity contribution in [1.29, 1.82) is 0 Å². The molecule has 146 valence electrons. The van der Waals surface area contributed by atoms with Crippen molar-refractivity contribution in [2.75, 3.05) is 32.7 Å². The number of aliphatic hydroxyl groups excluding tert-OH is 1. The molecule has 0 radical (unpaired) electrons. The molecule has 0 aliphatic carbocycles. The van der Waals surface area contributed by atoms with E-state index in [1.165, 1.54) is 0 Å². The minimum atomic E-state index is -0.612. The lowest BCUT2D eigenvalue weighted by atomic mass is 9.70. The van der Waals surface area contributed by atoms with Gasteiger partial charge in [-0.05, 0) is 44.2 Å². The quantitative estimate of drug-likeness (QED) is 0.840. The molecule has 3 saturated heterocycles. The molecule has 0 bridgehead atoms. The average Bonchev–Trinajstić information content (AvgIpc) is 3.21. The number of piperidine rings is 2. The second-order valence-electron chi connectivity index (χ2n) is 8.32. The van der Waals surface area contributed by atoms with E-state index in [2.05, 4.69) is 10.2 Å². The molecule has 0 aromatic heterocycles. The number of hydrogen-bond acceptors (Lipinski definition) is 4. The zero-order valence-electron chi connectivity index (χ0n) is 15.8. The third-order valence-electron chi connectivity index (χ3n) is 6.39. The van der Waals surface area contributed by atoms with Crippen molar-refractivity contribution in [1.82, 2.24) is 15.1 Å². The Kier molecular flexibility index (Phi) is 5.19. The minimum absolute atomic E-state index is 0.0139. The number of carbonyl (C=O) groups excluding carboxylic acids is 2. The van der Waals surface area contributed by atoms with Crippen LogP contribution in [0.25, 0.3) is 0 Å². The van der Waals surface area contributed by atoms with Crippen molar-refractivity contribution < 1.29 is 14.7 Å². The molecule has 6 nitrogen and oxygen atoms in total. The number of amides is 2. The molecule has 3 aliphatic heterocycles. The van der Waals surface area contributed by atoms with Crippen LogP contribution in [0.2, 0.25) is 0 Å². The highest BCUT2D eigenvalue weighted by Gasteiger charge is 2.49. The number of carbonyl (C=O) groups is 2. The summed E-state index contributed by atoms with van der Waals surface area (Å²) in [6, 6.07) is 9.29. The standard InChI is InChI=1S/C21H29N3O3/c25-17-13-21(20(27)22-19(17)16-7-2-1-3-8-16)9-6-10-23(15-21)14-18(26)24-11-4-5-12-24/h1-3,7-8,17,19,25H,4-6,9-15H2,(H,22,27)/t17-,19+,21-/m1/s1. The maximum absolute atomic E-state index is 13.0. The summed E-state index contributed by atoms with van der Waals surface area (Å²) in [5.74, 6) is 0.184. The molecule has 3 fully saturated rings. The Labute approximate surface area is 160 Å². The maximum atomic E-state index is 13.0. The lowest BCUT2D eigenvalue weighted by Gasteiger charge is -2.47. The summed E-state index contributed by atoms with van der Waals surface area (Å²) in [6.45, 7) is 3.49. The van der Waals surface area contributed by atoms with Gasteiger partial charge in [-0.15, -0.1) is 0 Å². The van der Waals surface area contributed by atoms with Crippen molar-refractivity contribution in [3.05, 3.63) is 35.9 Å². The highest BCUT2D eigenvalue weighted by molar-refractivity contribution is 5.85. The smallest absolute Gasteiger partial charge is 0.236 e. The van der Waals surface area contributed by atoms with E-state index in [-0.39, 0.29) is 17.9 Å². The summed E-state index contributed by atoms with van der Waals surface area (Å²) in [6.07, 6.45) is 3.66. The van der Waals surface area contributed by atoms with E-state index >= 15 is 0 Å². The highest BCUT2D eigenvalue weighted by Crippen LogP contribution is 2.41. The van der Waals surface area contributed by atoms with Gasteiger partial charge in [0, 0.05) is 19.6 Å². The van der Waals surface area contributed by atoms with Crippen LogP contribution in [0.4, 0.5) is 0 Å². The number of nitrogens with zero attached hydrogens (tertiary/aromatic N) is 2. The number of hydrogen-bond donors (Lipinski definition) is 2. The van der Waals surface area contributed by atoms with Crippen molar-refractivity contribution in [3.63, 3.8) is 0 Å². The molecule has 3 aliphatic rings. The Morgan fingerprint density at radius 3 is 2.63 bits per heavy atom. The third kappa shape index (κ3) is 3.73. The Morgan fingerprint density at radius 1 is 1.15 bits per heavy atom. The van der Waals surface area contributed by atoms with Gasteiger partial charge in [-0.3, -0.25) is 14.5 Å². The first-order chi connectivity index (χ1) is 13.1. The SMILES string of the molecule is O=C(CN1CCC[C@@]2(C[C@@H](O)[C@H](c3ccccc3)NC2=O)C1)N1CCCC1. The summed E-state index contributed by atoms with van der Waals surface area (Å²) in [5.41, 5.74) is 0.346. The second-order valence-corrected chi connectivity index (χ2v) is 8.32. The fourth-order valence-electron chi connectivity index (χ4n) is 4.94. The Balaban J connectivity index is 1.43. The van der Waals surface area contributed by atoms with Gasteiger partial charge in [0.1, 0.15) is 0 Å². The molecule has 0 unspecified atom stereocenters. The van der Waals surface area contributed by atoms with Gasteiger partial charge in [0.2, 0.25) is 11.8 Å². The Morgan fingerprint density at radius 2 is 1.89 bits per heavy atom. The lowest BCUT2D eigenvalue weighted by molar-refractivity contribution is -0.147. The van der Waals surface area contributed by atoms with Crippen LogP contribution in [0.15, 0.2) is 30.3 Å². The molecule has 6 heteroatoms. The van der Waals surface area contributed by atoms with E-state index in [4.69, 9.17) is 0 Å². The first kappa shape index (κ1) is 18.4. The monoisotopic (exact) mass is 371 g/mol. The van der Waals surface area contributed by atoms with Gasteiger partial charge in [-0.2, -0.15) is 0 Å². The van der Waals surface area contributed by atoms with Crippen LogP contribution in [-0.2, 0) is 9.59 Å². The number of aliphatic hydroxyl groups is 1. The first-order valence-electron chi connectivity index (χ1n) is 10.1. The van der Waals surface area contributed by atoms with Gasteiger partial charge >= 0.3 is 0 Å². The predicted molar refractivity (Wildman–Crippen MR) is 102 cm³/mol. The van der Waals surface area contributed by atoms with Gasteiger partial charge in [0.15, 0.2) is 0 Å². The Bertz CT molecular complexity index is 689. The van der Waals surface area contributed by atoms with Gasteiger partial charge in [-0.1, -0.05) is 30.3 Å². The fourth-order valence-corrected chi connectivity index (χ4v) is 4.94. The molecule has 27 heavy (non-hydrogen) atoms. The number of benzene rings is 1. The largest absolute Gasteiger partial charge is 0.391 e. The van der Waals surface area contributed by atoms with E-state index in [9.17, 15) is 14.7 Å². The number of rotatable bonds is 3. The summed E-state index contributed by atoms with van der Waals surface area (Å²) in [5, 5.41) is 13.9. The summed E-state index contributed by atoms with van der Waals surface area (Å²) < 4.78 is 0. The molecule has 1 aromatic rings. The van der Waals surface area contributed by atoms with Crippen LogP contribution in [0, 0.1) is 5.41 Å². The second kappa shape index (κ2) is 7.60. The molecule has 1 spiro atoms. The normalized spacial score (nSPS) is 31.9. The first-order valence-corrected chi connectivity index (χ1v) is 10.1. The van der Waals surface area contributed by atoms with Crippen LogP contribution in [0.1, 0.15) is 43.7 Å². The zero-order valence-corrected chi connectivity index (χ0v) is 15.8. The molecule has 2 N–H and O–H groups in total. The fraction of sp³-hybridized carbons (Fsp3) is 0.619. The average molecular weight is 371 g/mol. The predicted octanol–water partition coefficient (Wildman–Crippen LogP) is 1.31. The minimum Gasteiger partial charge on any atom is -0.391 e. The van der Waals surface area contributed by atoms with Crippen LogP contribution >= 0.6 is 0 Å². The highest BCUT2D eigenvalue weighted by atomic mass is 16.3. The van der Waals surface area contributed by atoms with Gasteiger partial charge < -0.3 is 15.3 Å². The number of nitrogens with one attached hydrogen (secondary N) is 1. The van der Waals surface area contributed by atoms with Crippen molar-refractivity contribution >= 4 is 11.8 Å². The third-order valence-corrected chi connectivity index (χ3v) is 6.39. The topological polar surface area (TPSA) is 72.9 Å². The van der Waals surface area contributed by atoms with Crippen LogP contribution in [0.5, 0.6) is 0 Å². The molecular weight excluding hydrogens is 342 g/mol. The van der Waals surface area contributed by atoms with Crippen LogP contribution in [-0.4, -0.2) is 65.5 Å².